The van der Waals surface area contributed by atoms with Crippen LogP contribution in [0.15, 0.2) is 176 Å². The van der Waals surface area contributed by atoms with E-state index in [4.69, 9.17) is 0 Å². The monoisotopic (exact) mass is 774 g/mol. The number of nitrogens with zero attached hydrogens (tertiary/aromatic N) is 2. The minimum absolute atomic E-state index is 0.999. The van der Waals surface area contributed by atoms with Crippen molar-refractivity contribution in [3.05, 3.63) is 186 Å². The van der Waals surface area contributed by atoms with Crippen molar-refractivity contribution in [2.45, 2.75) is 12.8 Å². The Hall–Kier alpha value is -6.72. The van der Waals surface area contributed by atoms with Crippen LogP contribution in [-0.2, 0) is 6.42 Å². The fourth-order valence-electron chi connectivity index (χ4n) is 9.83. The molecule has 2 nitrogen and oxygen atoms in total. The van der Waals surface area contributed by atoms with Crippen LogP contribution in [0.4, 0.5) is 0 Å². The van der Waals surface area contributed by atoms with Gasteiger partial charge < -0.3 is 9.13 Å². The smallest absolute Gasteiger partial charge is 0.0541 e. The molecule has 0 aliphatic heterocycles. The Balaban J connectivity index is 1.10. The maximum absolute atomic E-state index is 2.54. The summed E-state index contributed by atoms with van der Waals surface area (Å²) in [5, 5.41) is 9.23. The Labute approximate surface area is 342 Å². The van der Waals surface area contributed by atoms with E-state index in [1.165, 1.54) is 118 Å². The van der Waals surface area contributed by atoms with Crippen LogP contribution < -0.4 is 0 Å². The van der Waals surface area contributed by atoms with Gasteiger partial charge >= 0.3 is 0 Å². The highest BCUT2D eigenvalue weighted by molar-refractivity contribution is 7.28. The second-order valence-electron chi connectivity index (χ2n) is 15.5. The minimum Gasteiger partial charge on any atom is -0.313 e. The molecule has 4 heteroatoms. The fourth-order valence-corrected chi connectivity index (χ4v) is 12.4. The Bertz CT molecular complexity index is 3580. The lowest BCUT2D eigenvalue weighted by Crippen LogP contribution is -2.03. The molecule has 0 atom stereocenters. The number of para-hydroxylation sites is 4. The lowest BCUT2D eigenvalue weighted by Gasteiger charge is -2.17. The maximum Gasteiger partial charge on any atom is 0.0541 e. The molecule has 272 valence electrons. The Morgan fingerprint density at radius 2 is 0.983 bits per heavy atom. The molecule has 0 saturated heterocycles. The predicted molar refractivity (Wildman–Crippen MR) is 252 cm³/mol. The van der Waals surface area contributed by atoms with E-state index >= 15 is 0 Å². The summed E-state index contributed by atoms with van der Waals surface area (Å²) in [6.45, 7) is 0. The van der Waals surface area contributed by atoms with Gasteiger partial charge in [0.1, 0.15) is 0 Å². The van der Waals surface area contributed by atoms with Gasteiger partial charge in [0, 0.05) is 73.6 Å². The van der Waals surface area contributed by atoms with Crippen LogP contribution in [0.5, 0.6) is 0 Å². The first-order valence-electron chi connectivity index (χ1n) is 20.0. The number of hydrogen-bond donors (Lipinski definition) is 0. The minimum atomic E-state index is 0.999. The lowest BCUT2D eigenvalue weighted by molar-refractivity contribution is 0.968. The van der Waals surface area contributed by atoms with Crippen LogP contribution in [0, 0.1) is 0 Å². The molecular weight excluding hydrogens is 741 g/mol. The number of allylic oxidation sites excluding steroid dienone is 1. The third kappa shape index (κ3) is 4.64. The number of aryl methyl sites for hydroxylation is 1. The summed E-state index contributed by atoms with van der Waals surface area (Å²) in [5.41, 5.74) is 14.0. The van der Waals surface area contributed by atoms with Gasteiger partial charge in [0.15, 0.2) is 0 Å². The normalized spacial score (nSPS) is 13.1. The van der Waals surface area contributed by atoms with Gasteiger partial charge in [-0.1, -0.05) is 121 Å². The first-order chi connectivity index (χ1) is 28.8. The number of hydrogen-bond acceptors (Lipinski definition) is 2. The summed E-state index contributed by atoms with van der Waals surface area (Å²) >= 11 is 3.96. The van der Waals surface area contributed by atoms with E-state index in [9.17, 15) is 0 Å². The molecule has 0 radical (unpaired) electrons. The summed E-state index contributed by atoms with van der Waals surface area (Å²) in [5.74, 6) is 0. The Kier molecular flexibility index (Phi) is 6.91. The number of benzene rings is 8. The zero-order valence-electron chi connectivity index (χ0n) is 31.4. The molecule has 0 saturated carbocycles. The quantitative estimate of drug-likeness (QED) is 0.169. The van der Waals surface area contributed by atoms with Crippen LogP contribution in [0.3, 0.4) is 0 Å². The standard InChI is InChI=1S/C54H34N2S2/c1-2-13-33(14-3-1)34-15-12-16-35(29-34)42-32-44-43-30-36(55-46-21-8-4-17-38(46)39-18-5-9-22-47(39)55)25-27-50(43)57-54(44)52-45-31-37(26-28-51(45)58-53(42)52)56-48-23-10-6-19-40(48)41-20-7-11-24-49(41)56/h1-25,27,29-32H,26,28H2. The van der Waals surface area contributed by atoms with Crippen LogP contribution in [0.25, 0.3) is 114 Å². The van der Waals surface area contributed by atoms with Gasteiger partial charge in [-0.3, -0.25) is 0 Å². The number of rotatable bonds is 4. The first-order valence-corrected chi connectivity index (χ1v) is 21.7. The van der Waals surface area contributed by atoms with Crippen molar-refractivity contribution < 1.29 is 0 Å². The number of thiophene rings is 2. The van der Waals surface area contributed by atoms with Gasteiger partial charge in [-0.05, 0) is 95.8 Å². The van der Waals surface area contributed by atoms with Crippen LogP contribution in [-0.4, -0.2) is 9.13 Å². The van der Waals surface area contributed by atoms with Gasteiger partial charge in [-0.15, -0.1) is 22.7 Å². The molecule has 0 unspecified atom stereocenters. The second-order valence-corrected chi connectivity index (χ2v) is 17.7. The van der Waals surface area contributed by atoms with E-state index in [0.717, 1.165) is 12.8 Å². The van der Waals surface area contributed by atoms with E-state index in [2.05, 4.69) is 191 Å². The summed E-state index contributed by atoms with van der Waals surface area (Å²) in [6, 6.07) is 65.0. The highest BCUT2D eigenvalue weighted by Crippen LogP contribution is 2.51. The number of fused-ring (bicyclic) bond motifs is 13. The van der Waals surface area contributed by atoms with Crippen LogP contribution in [0.2, 0.25) is 0 Å². The molecule has 8 aromatic carbocycles. The molecular formula is C54H34N2S2. The first kappa shape index (κ1) is 32.4. The number of aromatic nitrogens is 2. The van der Waals surface area contributed by atoms with Crippen molar-refractivity contribution >= 4 is 108 Å². The molecule has 12 aromatic rings. The van der Waals surface area contributed by atoms with E-state index < -0.39 is 0 Å². The molecule has 1 aliphatic rings. The molecule has 4 aromatic heterocycles. The molecule has 13 rings (SSSR count). The Morgan fingerprint density at radius 1 is 0.397 bits per heavy atom. The van der Waals surface area contributed by atoms with Crippen LogP contribution >= 0.6 is 22.7 Å². The summed E-state index contributed by atoms with van der Waals surface area (Å²) < 4.78 is 9.06. The lowest BCUT2D eigenvalue weighted by atomic mass is 9.94. The van der Waals surface area contributed by atoms with Gasteiger partial charge in [-0.25, -0.2) is 0 Å². The third-order valence-electron chi connectivity index (χ3n) is 12.4. The average molecular weight is 775 g/mol. The van der Waals surface area contributed by atoms with Crippen molar-refractivity contribution in [2.75, 3.05) is 0 Å². The van der Waals surface area contributed by atoms with E-state index in [-0.39, 0.29) is 0 Å². The molecule has 0 spiro atoms. The molecule has 4 heterocycles. The predicted octanol–water partition coefficient (Wildman–Crippen LogP) is 15.8. The van der Waals surface area contributed by atoms with Crippen molar-refractivity contribution in [1.29, 1.82) is 0 Å². The second kappa shape index (κ2) is 12.4. The van der Waals surface area contributed by atoms with Crippen molar-refractivity contribution in [3.8, 4) is 27.9 Å². The van der Waals surface area contributed by atoms with Gasteiger partial charge in [0.25, 0.3) is 0 Å². The summed E-state index contributed by atoms with van der Waals surface area (Å²) in [7, 11) is 0. The summed E-state index contributed by atoms with van der Waals surface area (Å²) in [4.78, 5) is 1.48. The average Bonchev–Trinajstić information content (AvgIpc) is 4.04. The summed E-state index contributed by atoms with van der Waals surface area (Å²) in [6.07, 6.45) is 4.56. The van der Waals surface area contributed by atoms with Crippen molar-refractivity contribution in [1.82, 2.24) is 9.13 Å². The van der Waals surface area contributed by atoms with E-state index in [1.807, 2.05) is 22.7 Å². The van der Waals surface area contributed by atoms with Crippen molar-refractivity contribution in [2.24, 2.45) is 0 Å². The molecule has 0 fully saturated rings. The maximum atomic E-state index is 2.54. The third-order valence-corrected chi connectivity index (χ3v) is 14.9. The molecule has 0 amide bonds. The van der Waals surface area contributed by atoms with Gasteiger partial charge in [0.2, 0.25) is 0 Å². The molecule has 0 bridgehead atoms. The van der Waals surface area contributed by atoms with Crippen LogP contribution in [0.1, 0.15) is 16.9 Å². The zero-order valence-corrected chi connectivity index (χ0v) is 33.1. The van der Waals surface area contributed by atoms with Gasteiger partial charge in [-0.2, -0.15) is 0 Å². The SMILES string of the molecule is C1=C(n2c3ccccc3c3ccccc32)CCc2sc3c(-c4cccc(-c5ccccc5)c4)cc4c5cc(-n6c7ccccc7c7ccccc76)ccc5sc4c3c21. The molecule has 1 aliphatic carbocycles. The Morgan fingerprint density at radius 3 is 1.66 bits per heavy atom. The van der Waals surface area contributed by atoms with E-state index in [0.29, 0.717) is 0 Å². The van der Waals surface area contributed by atoms with Crippen molar-refractivity contribution in [3.63, 3.8) is 0 Å². The molecule has 58 heavy (non-hydrogen) atoms. The zero-order chi connectivity index (χ0) is 37.9. The fraction of sp³-hybridized carbons (Fsp3) is 0.0370. The highest BCUT2D eigenvalue weighted by Gasteiger charge is 2.25. The highest BCUT2D eigenvalue weighted by atomic mass is 32.1. The molecule has 0 N–H and O–H groups in total. The topological polar surface area (TPSA) is 9.86 Å². The largest absolute Gasteiger partial charge is 0.313 e. The van der Waals surface area contributed by atoms with Gasteiger partial charge in [0.05, 0.1) is 22.1 Å². The van der Waals surface area contributed by atoms with E-state index in [1.54, 1.807) is 0 Å².